The van der Waals surface area contributed by atoms with E-state index in [1.807, 2.05) is 29.2 Å². The number of aromatic nitrogens is 2. The van der Waals surface area contributed by atoms with Crippen LogP contribution in [0.4, 0.5) is 5.13 Å². The third-order valence-electron chi connectivity index (χ3n) is 6.73. The molecule has 0 atom stereocenters. The van der Waals surface area contributed by atoms with Crippen molar-refractivity contribution < 1.29 is 4.79 Å². The van der Waals surface area contributed by atoms with E-state index in [4.69, 9.17) is 4.98 Å². The van der Waals surface area contributed by atoms with Gasteiger partial charge in [0.25, 0.3) is 0 Å². The van der Waals surface area contributed by atoms with E-state index in [1.54, 1.807) is 0 Å². The Bertz CT molecular complexity index is 1270. The Morgan fingerprint density at radius 2 is 1.49 bits per heavy atom. The van der Waals surface area contributed by atoms with Gasteiger partial charge < -0.3 is 9.80 Å². The average Bonchev–Trinajstić information content (AvgIpc) is 3.40. The van der Waals surface area contributed by atoms with E-state index in [1.165, 1.54) is 28.2 Å². The van der Waals surface area contributed by atoms with Crippen LogP contribution in [-0.2, 0) is 24.3 Å². The van der Waals surface area contributed by atoms with Gasteiger partial charge in [-0.1, -0.05) is 90.5 Å². The van der Waals surface area contributed by atoms with Gasteiger partial charge in [0.1, 0.15) is 5.82 Å². The van der Waals surface area contributed by atoms with E-state index < -0.39 is 0 Å². The highest BCUT2D eigenvalue weighted by atomic mass is 32.1. The van der Waals surface area contributed by atoms with E-state index in [2.05, 4.69) is 81.8 Å². The van der Waals surface area contributed by atoms with Crippen molar-refractivity contribution in [2.45, 2.75) is 26.4 Å². The lowest BCUT2D eigenvalue weighted by Gasteiger charge is -2.35. The maximum absolute atomic E-state index is 13.4. The number of rotatable bonds is 9. The molecular weight excluding hydrogens is 478 g/mol. The number of aryl methyl sites for hydroxylation is 1. The minimum absolute atomic E-state index is 0.144. The molecule has 5 rings (SSSR count). The molecule has 4 aromatic rings. The number of benzene rings is 3. The third-order valence-corrected chi connectivity index (χ3v) is 7.54. The monoisotopic (exact) mass is 511 g/mol. The van der Waals surface area contributed by atoms with Crippen LogP contribution in [0.15, 0.2) is 84.9 Å². The highest BCUT2D eigenvalue weighted by Gasteiger charge is 2.24. The van der Waals surface area contributed by atoms with Crippen LogP contribution in [0.25, 0.3) is 0 Å². The fourth-order valence-electron chi connectivity index (χ4n) is 4.59. The molecule has 1 fully saturated rings. The summed E-state index contributed by atoms with van der Waals surface area (Å²) in [6.07, 6.45) is 0.688. The second-order valence-corrected chi connectivity index (χ2v) is 10.4. The Hall–Kier alpha value is -3.55. The lowest BCUT2D eigenvalue weighted by molar-refractivity contribution is -0.131. The second kappa shape index (κ2) is 12.1. The van der Waals surface area contributed by atoms with Gasteiger partial charge in [-0.2, -0.15) is 4.37 Å². The first-order valence-electron chi connectivity index (χ1n) is 12.8. The number of anilines is 1. The van der Waals surface area contributed by atoms with Crippen LogP contribution in [0, 0.1) is 6.92 Å². The Morgan fingerprint density at radius 1 is 0.838 bits per heavy atom. The predicted octanol–water partition coefficient (Wildman–Crippen LogP) is 4.79. The summed E-state index contributed by atoms with van der Waals surface area (Å²) in [4.78, 5) is 24.7. The Labute approximate surface area is 223 Å². The number of amides is 1. The van der Waals surface area contributed by atoms with Crippen molar-refractivity contribution in [2.24, 2.45) is 0 Å². The molecule has 0 bridgehead atoms. The number of hydrogen-bond acceptors (Lipinski definition) is 6. The summed E-state index contributed by atoms with van der Waals surface area (Å²) in [5.41, 5.74) is 4.89. The van der Waals surface area contributed by atoms with Crippen LogP contribution < -0.4 is 4.90 Å². The average molecular weight is 512 g/mol. The lowest BCUT2D eigenvalue weighted by atomic mass is 10.1. The standard InChI is InChI=1S/C30H33N5OS/c1-24-12-14-25(15-13-24)20-28-31-30(37-32-28)35(22-27-10-6-3-7-11-27)23-29(36)34-18-16-33(17-19-34)21-26-8-4-2-5-9-26/h2-15H,16-23H2,1H3. The van der Waals surface area contributed by atoms with E-state index in [9.17, 15) is 4.79 Å². The summed E-state index contributed by atoms with van der Waals surface area (Å²) in [6.45, 7) is 7.21. The van der Waals surface area contributed by atoms with Crippen LogP contribution in [0.5, 0.6) is 0 Å². The molecule has 190 valence electrons. The van der Waals surface area contributed by atoms with Crippen molar-refractivity contribution in [3.63, 3.8) is 0 Å². The fourth-order valence-corrected chi connectivity index (χ4v) is 5.27. The molecular formula is C30H33N5OS. The molecule has 1 aliphatic heterocycles. The second-order valence-electron chi connectivity index (χ2n) is 9.64. The highest BCUT2D eigenvalue weighted by Crippen LogP contribution is 2.22. The number of hydrogen-bond donors (Lipinski definition) is 0. The van der Waals surface area contributed by atoms with Gasteiger partial charge in [-0.15, -0.1) is 0 Å². The van der Waals surface area contributed by atoms with Crippen molar-refractivity contribution >= 4 is 22.6 Å². The van der Waals surface area contributed by atoms with E-state index in [0.717, 1.165) is 49.2 Å². The van der Waals surface area contributed by atoms with Gasteiger partial charge >= 0.3 is 0 Å². The molecule has 37 heavy (non-hydrogen) atoms. The van der Waals surface area contributed by atoms with Gasteiger partial charge in [-0.25, -0.2) is 4.98 Å². The zero-order valence-corrected chi connectivity index (χ0v) is 22.1. The summed E-state index contributed by atoms with van der Waals surface area (Å²) >= 11 is 1.38. The molecule has 6 nitrogen and oxygen atoms in total. The lowest BCUT2D eigenvalue weighted by Crippen LogP contribution is -2.50. The van der Waals surface area contributed by atoms with E-state index in [-0.39, 0.29) is 5.91 Å². The van der Waals surface area contributed by atoms with Crippen LogP contribution in [0.1, 0.15) is 28.1 Å². The topological polar surface area (TPSA) is 52.6 Å². The van der Waals surface area contributed by atoms with Gasteiger partial charge in [0.05, 0.1) is 6.54 Å². The normalized spacial score (nSPS) is 14.0. The molecule has 1 aromatic heterocycles. The summed E-state index contributed by atoms with van der Waals surface area (Å²) in [5.74, 6) is 0.939. The minimum Gasteiger partial charge on any atom is -0.339 e. The Kier molecular flexibility index (Phi) is 8.23. The SMILES string of the molecule is Cc1ccc(Cc2nsc(N(CC(=O)N3CCN(Cc4ccccc4)CC3)Cc3ccccc3)n2)cc1. The van der Waals surface area contributed by atoms with E-state index in [0.29, 0.717) is 19.5 Å². The third kappa shape index (κ3) is 7.02. The van der Waals surface area contributed by atoms with Crippen molar-refractivity contribution in [3.8, 4) is 0 Å². The summed E-state index contributed by atoms with van der Waals surface area (Å²) in [6, 6.07) is 29.3. The van der Waals surface area contributed by atoms with Gasteiger partial charge in [-0.3, -0.25) is 9.69 Å². The maximum Gasteiger partial charge on any atom is 0.242 e. The molecule has 3 aromatic carbocycles. The zero-order valence-electron chi connectivity index (χ0n) is 21.3. The molecule has 0 N–H and O–H groups in total. The zero-order chi connectivity index (χ0) is 25.5. The Balaban J connectivity index is 1.23. The van der Waals surface area contributed by atoms with Gasteiger partial charge in [0, 0.05) is 57.2 Å². The number of carbonyl (C=O) groups is 1. The van der Waals surface area contributed by atoms with Crippen molar-refractivity contribution in [2.75, 3.05) is 37.6 Å². The summed E-state index contributed by atoms with van der Waals surface area (Å²) in [7, 11) is 0. The van der Waals surface area contributed by atoms with Gasteiger partial charge in [0.15, 0.2) is 0 Å². The molecule has 1 aliphatic rings. The molecule has 0 spiro atoms. The first kappa shape index (κ1) is 25.1. The number of piperazine rings is 1. The fraction of sp³-hybridized carbons (Fsp3) is 0.300. The smallest absolute Gasteiger partial charge is 0.242 e. The molecule has 1 saturated heterocycles. The first-order valence-corrected chi connectivity index (χ1v) is 13.6. The van der Waals surface area contributed by atoms with Crippen molar-refractivity contribution in [1.29, 1.82) is 0 Å². The molecule has 2 heterocycles. The van der Waals surface area contributed by atoms with Crippen LogP contribution >= 0.6 is 11.5 Å². The molecule has 0 radical (unpaired) electrons. The van der Waals surface area contributed by atoms with Crippen molar-refractivity contribution in [3.05, 3.63) is 113 Å². The molecule has 1 amide bonds. The number of nitrogens with zero attached hydrogens (tertiary/aromatic N) is 5. The largest absolute Gasteiger partial charge is 0.339 e. The maximum atomic E-state index is 13.4. The van der Waals surface area contributed by atoms with Crippen LogP contribution in [-0.4, -0.2) is 57.8 Å². The minimum atomic E-state index is 0.144. The van der Waals surface area contributed by atoms with Crippen LogP contribution in [0.2, 0.25) is 0 Å². The number of carbonyl (C=O) groups excluding carboxylic acids is 1. The van der Waals surface area contributed by atoms with Gasteiger partial charge in [0.2, 0.25) is 11.0 Å². The molecule has 0 unspecified atom stereocenters. The van der Waals surface area contributed by atoms with E-state index >= 15 is 0 Å². The Morgan fingerprint density at radius 3 is 2.16 bits per heavy atom. The van der Waals surface area contributed by atoms with Crippen molar-refractivity contribution in [1.82, 2.24) is 19.2 Å². The van der Waals surface area contributed by atoms with Gasteiger partial charge in [-0.05, 0) is 23.6 Å². The summed E-state index contributed by atoms with van der Waals surface area (Å²) in [5, 5.41) is 0.794. The molecule has 0 aliphatic carbocycles. The van der Waals surface area contributed by atoms with Crippen LogP contribution in [0.3, 0.4) is 0 Å². The first-order chi connectivity index (χ1) is 18.1. The molecule has 0 saturated carbocycles. The predicted molar refractivity (Wildman–Crippen MR) is 150 cm³/mol. The molecule has 7 heteroatoms. The quantitative estimate of drug-likeness (QED) is 0.324. The highest BCUT2D eigenvalue weighted by molar-refractivity contribution is 7.09. The summed E-state index contributed by atoms with van der Waals surface area (Å²) < 4.78 is 4.62.